The number of phenols is 1. The van der Waals surface area contributed by atoms with Crippen molar-refractivity contribution in [2.75, 3.05) is 6.61 Å². The molecule has 0 spiro atoms. The topological polar surface area (TPSA) is 85.2 Å². The number of aliphatic hydroxyl groups excluding tert-OH is 1. The standard InChI is InChI=1S/C36H46O6/c1-3-5-6-7-8-9-10-11-15-18-36(39)42-31-22-19-29(34(26-31)40-4-2)20-24-33(38)32-23-21-30(37)25-35(32)41-27-28-16-13-12-14-17-28/h12-14,16-17,19-26,33,37-38H,3-11,15,18,27H2,1-2H3. The number of benzene rings is 3. The number of aromatic hydroxyl groups is 1. The Labute approximate surface area is 251 Å². The highest BCUT2D eigenvalue weighted by molar-refractivity contribution is 5.73. The molecule has 2 N–H and O–H groups in total. The van der Waals surface area contributed by atoms with Crippen LogP contribution < -0.4 is 14.2 Å². The van der Waals surface area contributed by atoms with Crippen molar-refractivity contribution >= 4 is 12.0 Å². The Morgan fingerprint density at radius 2 is 1.52 bits per heavy atom. The fourth-order valence-electron chi connectivity index (χ4n) is 4.69. The van der Waals surface area contributed by atoms with Crippen LogP contribution >= 0.6 is 0 Å². The van der Waals surface area contributed by atoms with E-state index in [1.54, 1.807) is 36.4 Å². The molecule has 42 heavy (non-hydrogen) atoms. The molecule has 0 aromatic heterocycles. The summed E-state index contributed by atoms with van der Waals surface area (Å²) >= 11 is 0. The second-order valence-corrected chi connectivity index (χ2v) is 10.5. The molecule has 3 rings (SSSR count). The van der Waals surface area contributed by atoms with Crippen LogP contribution in [-0.2, 0) is 11.4 Å². The Bertz CT molecular complexity index is 1240. The molecule has 3 aromatic carbocycles. The Morgan fingerprint density at radius 3 is 2.24 bits per heavy atom. The predicted octanol–water partition coefficient (Wildman–Crippen LogP) is 8.94. The average molecular weight is 575 g/mol. The molecule has 0 amide bonds. The molecule has 0 heterocycles. The van der Waals surface area contributed by atoms with E-state index >= 15 is 0 Å². The molecule has 0 aliphatic rings. The summed E-state index contributed by atoms with van der Waals surface area (Å²) in [7, 11) is 0. The van der Waals surface area contributed by atoms with Crippen LogP contribution in [0.1, 0.15) is 101 Å². The lowest BCUT2D eigenvalue weighted by Crippen LogP contribution is -2.08. The van der Waals surface area contributed by atoms with Gasteiger partial charge in [-0.05, 0) is 43.2 Å². The lowest BCUT2D eigenvalue weighted by Gasteiger charge is -2.15. The van der Waals surface area contributed by atoms with Crippen LogP contribution in [0.15, 0.2) is 72.8 Å². The monoisotopic (exact) mass is 574 g/mol. The smallest absolute Gasteiger partial charge is 0.311 e. The van der Waals surface area contributed by atoms with Crippen molar-refractivity contribution in [3.8, 4) is 23.0 Å². The van der Waals surface area contributed by atoms with Crippen molar-refractivity contribution in [3.63, 3.8) is 0 Å². The predicted molar refractivity (Wildman–Crippen MR) is 168 cm³/mol. The third-order valence-electron chi connectivity index (χ3n) is 7.01. The highest BCUT2D eigenvalue weighted by atomic mass is 16.5. The normalized spacial score (nSPS) is 11.9. The minimum atomic E-state index is -0.986. The van der Waals surface area contributed by atoms with E-state index in [0.29, 0.717) is 42.4 Å². The zero-order valence-electron chi connectivity index (χ0n) is 25.1. The second kappa shape index (κ2) is 18.6. The Hall–Kier alpha value is -3.77. The van der Waals surface area contributed by atoms with E-state index in [9.17, 15) is 15.0 Å². The van der Waals surface area contributed by atoms with E-state index in [1.165, 1.54) is 50.7 Å². The van der Waals surface area contributed by atoms with Crippen molar-refractivity contribution in [3.05, 3.63) is 89.5 Å². The number of unbranched alkanes of at least 4 members (excludes halogenated alkanes) is 8. The lowest BCUT2D eigenvalue weighted by atomic mass is 10.1. The van der Waals surface area contributed by atoms with Crippen LogP contribution in [0.3, 0.4) is 0 Å². The Morgan fingerprint density at radius 1 is 0.810 bits per heavy atom. The number of carbonyl (C=O) groups excluding carboxylic acids is 1. The molecule has 0 aliphatic carbocycles. The van der Waals surface area contributed by atoms with Crippen molar-refractivity contribution in [1.82, 2.24) is 0 Å². The quantitative estimate of drug-likeness (QED) is 0.0844. The molecule has 1 unspecified atom stereocenters. The van der Waals surface area contributed by atoms with Gasteiger partial charge in [0.2, 0.25) is 0 Å². The second-order valence-electron chi connectivity index (χ2n) is 10.5. The number of aliphatic hydroxyl groups is 1. The van der Waals surface area contributed by atoms with Gasteiger partial charge < -0.3 is 24.4 Å². The van der Waals surface area contributed by atoms with Crippen LogP contribution in [0.5, 0.6) is 23.0 Å². The van der Waals surface area contributed by atoms with E-state index in [0.717, 1.165) is 30.4 Å². The number of carbonyl (C=O) groups is 1. The van der Waals surface area contributed by atoms with Crippen molar-refractivity contribution < 1.29 is 29.2 Å². The molecule has 0 aliphatic heterocycles. The zero-order valence-corrected chi connectivity index (χ0v) is 25.1. The first-order valence-electron chi connectivity index (χ1n) is 15.3. The van der Waals surface area contributed by atoms with Gasteiger partial charge in [0.05, 0.1) is 6.61 Å². The summed E-state index contributed by atoms with van der Waals surface area (Å²) in [4.78, 5) is 12.4. The molecule has 6 nitrogen and oxygen atoms in total. The number of esters is 1. The van der Waals surface area contributed by atoms with E-state index in [2.05, 4.69) is 6.92 Å². The van der Waals surface area contributed by atoms with Gasteiger partial charge in [-0.2, -0.15) is 0 Å². The Kier molecular flexibility index (Phi) is 14.5. The molecule has 1 atom stereocenters. The molecule has 0 saturated heterocycles. The molecule has 0 radical (unpaired) electrons. The van der Waals surface area contributed by atoms with Crippen molar-refractivity contribution in [2.24, 2.45) is 0 Å². The number of rotatable bonds is 19. The molecular weight excluding hydrogens is 528 g/mol. The largest absolute Gasteiger partial charge is 0.508 e. The maximum atomic E-state index is 12.4. The third kappa shape index (κ3) is 11.6. The third-order valence-corrected chi connectivity index (χ3v) is 7.01. The van der Waals surface area contributed by atoms with Crippen molar-refractivity contribution in [1.29, 1.82) is 0 Å². The summed E-state index contributed by atoms with van der Waals surface area (Å²) in [6.45, 7) is 4.86. The molecule has 3 aromatic rings. The first kappa shape index (κ1) is 32.7. The summed E-state index contributed by atoms with van der Waals surface area (Å²) in [5.41, 5.74) is 2.24. The van der Waals surface area contributed by atoms with Gasteiger partial charge in [-0.25, -0.2) is 0 Å². The number of phenolic OH excluding ortho intramolecular Hbond substituents is 1. The fourth-order valence-corrected chi connectivity index (χ4v) is 4.69. The van der Waals surface area contributed by atoms with E-state index in [4.69, 9.17) is 14.2 Å². The summed E-state index contributed by atoms with van der Waals surface area (Å²) in [6.07, 6.45) is 13.6. The summed E-state index contributed by atoms with van der Waals surface area (Å²) in [5.74, 6) is 1.21. The molecule has 226 valence electrons. The van der Waals surface area contributed by atoms with Gasteiger partial charge in [-0.3, -0.25) is 4.79 Å². The SMILES string of the molecule is CCCCCCCCCCCC(=O)Oc1ccc(C=CC(O)c2ccc(O)cc2OCc2ccccc2)c(OCC)c1. The molecule has 6 heteroatoms. The van der Waals surface area contributed by atoms with Gasteiger partial charge in [0.25, 0.3) is 0 Å². The first-order chi connectivity index (χ1) is 20.5. The minimum absolute atomic E-state index is 0.0552. The van der Waals surface area contributed by atoms with E-state index < -0.39 is 6.10 Å². The highest BCUT2D eigenvalue weighted by Gasteiger charge is 2.14. The fraction of sp³-hybridized carbons (Fsp3) is 0.417. The summed E-state index contributed by atoms with van der Waals surface area (Å²) in [5, 5.41) is 21.0. The van der Waals surface area contributed by atoms with Gasteiger partial charge in [-0.1, -0.05) is 101 Å². The highest BCUT2D eigenvalue weighted by Crippen LogP contribution is 2.32. The van der Waals surface area contributed by atoms with Gasteiger partial charge in [0.1, 0.15) is 35.7 Å². The lowest BCUT2D eigenvalue weighted by molar-refractivity contribution is -0.134. The maximum absolute atomic E-state index is 12.4. The van der Waals surface area contributed by atoms with Gasteiger partial charge in [-0.15, -0.1) is 0 Å². The summed E-state index contributed by atoms with van der Waals surface area (Å²) in [6, 6.07) is 19.6. The average Bonchev–Trinajstić information content (AvgIpc) is 2.99. The maximum Gasteiger partial charge on any atom is 0.311 e. The van der Waals surface area contributed by atoms with E-state index in [1.807, 2.05) is 37.3 Å². The summed E-state index contributed by atoms with van der Waals surface area (Å²) < 4.78 is 17.3. The van der Waals surface area contributed by atoms with Crippen LogP contribution in [0.4, 0.5) is 0 Å². The Balaban J connectivity index is 1.55. The molecular formula is C36H46O6. The molecule has 0 saturated carbocycles. The minimum Gasteiger partial charge on any atom is -0.508 e. The van der Waals surface area contributed by atoms with Crippen LogP contribution in [0.2, 0.25) is 0 Å². The number of ether oxygens (including phenoxy) is 3. The van der Waals surface area contributed by atoms with E-state index in [-0.39, 0.29) is 11.7 Å². The number of hydrogen-bond donors (Lipinski definition) is 2. The van der Waals surface area contributed by atoms with Gasteiger partial charge in [0.15, 0.2) is 0 Å². The zero-order chi connectivity index (χ0) is 30.0. The van der Waals surface area contributed by atoms with Gasteiger partial charge >= 0.3 is 5.97 Å². The first-order valence-corrected chi connectivity index (χ1v) is 15.3. The number of hydrogen-bond acceptors (Lipinski definition) is 6. The van der Waals surface area contributed by atoms with Crippen molar-refractivity contribution in [2.45, 2.75) is 90.8 Å². The van der Waals surface area contributed by atoms with Crippen LogP contribution in [0.25, 0.3) is 6.08 Å². The van der Waals surface area contributed by atoms with Gasteiger partial charge in [0, 0.05) is 29.7 Å². The van der Waals surface area contributed by atoms with Crippen LogP contribution in [0, 0.1) is 0 Å². The molecule has 0 fully saturated rings. The van der Waals surface area contributed by atoms with Crippen LogP contribution in [-0.4, -0.2) is 22.8 Å². The molecule has 0 bridgehead atoms.